The summed E-state index contributed by atoms with van der Waals surface area (Å²) in [6.07, 6.45) is 5.21. The third-order valence-electron chi connectivity index (χ3n) is 5.81. The first-order valence-corrected chi connectivity index (χ1v) is 10.6. The zero-order valence-electron chi connectivity index (χ0n) is 16.0. The van der Waals surface area contributed by atoms with Crippen LogP contribution in [-0.4, -0.2) is 33.1 Å². The highest BCUT2D eigenvalue weighted by molar-refractivity contribution is 7.90. The molecule has 27 heavy (non-hydrogen) atoms. The number of hydrogen-bond donors (Lipinski definition) is 1. The van der Waals surface area contributed by atoms with E-state index in [4.69, 9.17) is 0 Å². The summed E-state index contributed by atoms with van der Waals surface area (Å²) in [5.74, 6) is 0.186. The summed E-state index contributed by atoms with van der Waals surface area (Å²) in [7, 11) is -3.54. The molecule has 3 aliphatic rings. The Labute approximate surface area is 158 Å². The summed E-state index contributed by atoms with van der Waals surface area (Å²) in [5.41, 5.74) is 2.18. The van der Waals surface area contributed by atoms with E-state index < -0.39 is 20.7 Å². The van der Waals surface area contributed by atoms with Crippen LogP contribution < -0.4 is 4.72 Å². The largest absolute Gasteiger partial charge is 0.246 e. The molecule has 7 nitrogen and oxygen atoms in total. The monoisotopic (exact) mass is 393 g/mol. The van der Waals surface area contributed by atoms with Gasteiger partial charge in [-0.1, -0.05) is 5.21 Å². The standard InChI is InChI=1S/C18H24FN5O2S/c1-11-14(9-20-27(25,26)17(2,3)4)13(5-16(19)21-11)15-10-24(23-22-15)18-6-12(7-18)8-18/h5,10,12,20H,6-9H2,1-4H3. The molecule has 3 fully saturated rings. The van der Waals surface area contributed by atoms with Crippen molar-refractivity contribution in [2.24, 2.45) is 5.92 Å². The maximum absolute atomic E-state index is 14.0. The molecule has 0 amide bonds. The van der Waals surface area contributed by atoms with Gasteiger partial charge >= 0.3 is 0 Å². The Morgan fingerprint density at radius 3 is 2.56 bits per heavy atom. The van der Waals surface area contributed by atoms with Gasteiger partial charge in [0.25, 0.3) is 0 Å². The molecular weight excluding hydrogens is 369 g/mol. The minimum atomic E-state index is -3.54. The number of pyridine rings is 1. The van der Waals surface area contributed by atoms with Gasteiger partial charge in [-0.2, -0.15) is 4.39 Å². The lowest BCUT2D eigenvalue weighted by Gasteiger charge is -2.61. The van der Waals surface area contributed by atoms with Gasteiger partial charge in [0.1, 0.15) is 5.69 Å². The number of hydrogen-bond acceptors (Lipinski definition) is 5. The summed E-state index contributed by atoms with van der Waals surface area (Å²) < 4.78 is 42.3. The highest BCUT2D eigenvalue weighted by atomic mass is 32.2. The Kier molecular flexibility index (Phi) is 3.98. The third kappa shape index (κ3) is 2.97. The zero-order valence-corrected chi connectivity index (χ0v) is 16.8. The Bertz CT molecular complexity index is 992. The van der Waals surface area contributed by atoms with Gasteiger partial charge in [-0.05, 0) is 58.4 Å². The fraction of sp³-hybridized carbons (Fsp3) is 0.611. The number of rotatable bonds is 5. The molecule has 0 saturated heterocycles. The van der Waals surface area contributed by atoms with Crippen molar-refractivity contribution in [2.75, 3.05) is 0 Å². The van der Waals surface area contributed by atoms with E-state index in [1.807, 2.05) is 10.9 Å². The van der Waals surface area contributed by atoms with Gasteiger partial charge in [-0.15, -0.1) is 5.10 Å². The number of sulfonamides is 1. The highest BCUT2D eigenvalue weighted by Crippen LogP contribution is 2.62. The summed E-state index contributed by atoms with van der Waals surface area (Å²) >= 11 is 0. The van der Waals surface area contributed by atoms with Crippen LogP contribution >= 0.6 is 0 Å². The van der Waals surface area contributed by atoms with E-state index in [-0.39, 0.29) is 12.1 Å². The Morgan fingerprint density at radius 2 is 2.00 bits per heavy atom. The van der Waals surface area contributed by atoms with Crippen LogP contribution in [0.3, 0.4) is 0 Å². The van der Waals surface area contributed by atoms with Gasteiger partial charge in [0.2, 0.25) is 16.0 Å². The Morgan fingerprint density at radius 1 is 1.33 bits per heavy atom. The van der Waals surface area contributed by atoms with E-state index >= 15 is 0 Å². The van der Waals surface area contributed by atoms with Crippen LogP contribution in [0.25, 0.3) is 11.3 Å². The quantitative estimate of drug-likeness (QED) is 0.789. The molecular formula is C18H24FN5O2S. The Hall–Kier alpha value is -1.87. The van der Waals surface area contributed by atoms with Gasteiger partial charge in [-0.25, -0.2) is 22.8 Å². The van der Waals surface area contributed by atoms with Crippen molar-refractivity contribution in [2.45, 2.75) is 63.8 Å². The summed E-state index contributed by atoms with van der Waals surface area (Å²) in [4.78, 5) is 3.86. The van der Waals surface area contributed by atoms with Crippen LogP contribution in [-0.2, 0) is 22.1 Å². The first kappa shape index (κ1) is 18.5. The van der Waals surface area contributed by atoms with Crippen LogP contribution in [0.2, 0.25) is 0 Å². The van der Waals surface area contributed by atoms with Crippen molar-refractivity contribution in [3.8, 4) is 11.3 Å². The lowest BCUT2D eigenvalue weighted by atomic mass is 9.50. The molecule has 5 rings (SSSR count). The molecule has 2 heterocycles. The molecule has 0 unspecified atom stereocenters. The normalized spacial score (nSPS) is 24.4. The van der Waals surface area contributed by atoms with Crippen molar-refractivity contribution in [3.63, 3.8) is 0 Å². The topological polar surface area (TPSA) is 89.8 Å². The molecule has 2 aromatic heterocycles. The maximum Gasteiger partial charge on any atom is 0.216 e. The minimum absolute atomic E-state index is 0.0220. The van der Waals surface area contributed by atoms with Gasteiger partial charge in [0.15, 0.2) is 0 Å². The first-order valence-electron chi connectivity index (χ1n) is 9.09. The predicted octanol–water partition coefficient (Wildman–Crippen LogP) is 2.51. The molecule has 2 aromatic rings. The molecule has 3 saturated carbocycles. The van der Waals surface area contributed by atoms with Gasteiger partial charge < -0.3 is 0 Å². The minimum Gasteiger partial charge on any atom is -0.246 e. The number of aromatic nitrogens is 4. The van der Waals surface area contributed by atoms with Crippen LogP contribution in [0.5, 0.6) is 0 Å². The molecule has 146 valence electrons. The molecule has 0 atom stereocenters. The lowest BCUT2D eigenvalue weighted by molar-refractivity contribution is -0.0988. The molecule has 0 spiro atoms. The molecule has 0 aliphatic heterocycles. The summed E-state index contributed by atoms with van der Waals surface area (Å²) in [5, 5.41) is 8.49. The maximum atomic E-state index is 14.0. The summed E-state index contributed by atoms with van der Waals surface area (Å²) in [6.45, 7) is 6.57. The van der Waals surface area contributed by atoms with E-state index in [0.29, 0.717) is 22.5 Å². The second kappa shape index (κ2) is 5.81. The SMILES string of the molecule is Cc1nc(F)cc(-c2cn(C34CC(C3)C4)nn2)c1CNS(=O)(=O)C(C)(C)C. The number of nitrogens with one attached hydrogen (secondary N) is 1. The predicted molar refractivity (Wildman–Crippen MR) is 98.8 cm³/mol. The number of nitrogens with zero attached hydrogens (tertiary/aromatic N) is 4. The van der Waals surface area contributed by atoms with E-state index in [9.17, 15) is 12.8 Å². The molecule has 0 aromatic carbocycles. The zero-order chi connectivity index (χ0) is 19.6. The molecule has 0 radical (unpaired) electrons. The van der Waals surface area contributed by atoms with Crippen molar-refractivity contribution < 1.29 is 12.8 Å². The fourth-order valence-corrected chi connectivity index (χ4v) is 4.60. The second-order valence-corrected chi connectivity index (χ2v) is 11.3. The van der Waals surface area contributed by atoms with Crippen molar-refractivity contribution in [1.82, 2.24) is 24.7 Å². The fourth-order valence-electron chi connectivity index (χ4n) is 3.83. The highest BCUT2D eigenvalue weighted by Gasteiger charge is 2.58. The number of aryl methyl sites for hydroxylation is 1. The average molecular weight is 393 g/mol. The molecule has 9 heteroatoms. The van der Waals surface area contributed by atoms with Crippen LogP contribution in [0.1, 0.15) is 51.3 Å². The van der Waals surface area contributed by atoms with Gasteiger partial charge in [0, 0.05) is 23.9 Å². The molecule has 2 bridgehead atoms. The van der Waals surface area contributed by atoms with E-state index in [1.54, 1.807) is 27.7 Å². The van der Waals surface area contributed by atoms with Gasteiger partial charge in [0.05, 0.1) is 16.5 Å². The number of halogens is 1. The van der Waals surface area contributed by atoms with Crippen LogP contribution in [0.4, 0.5) is 4.39 Å². The van der Waals surface area contributed by atoms with Gasteiger partial charge in [-0.3, -0.25) is 0 Å². The lowest BCUT2D eigenvalue weighted by Crippen LogP contribution is -2.59. The van der Waals surface area contributed by atoms with E-state index in [1.165, 1.54) is 6.07 Å². The van der Waals surface area contributed by atoms with E-state index in [0.717, 1.165) is 25.2 Å². The first-order chi connectivity index (χ1) is 12.5. The van der Waals surface area contributed by atoms with Crippen LogP contribution in [0, 0.1) is 18.8 Å². The van der Waals surface area contributed by atoms with E-state index in [2.05, 4.69) is 20.0 Å². The van der Waals surface area contributed by atoms with Crippen molar-refractivity contribution in [1.29, 1.82) is 0 Å². The van der Waals surface area contributed by atoms with Crippen molar-refractivity contribution in [3.05, 3.63) is 29.5 Å². The second-order valence-electron chi connectivity index (χ2n) is 8.74. The molecule has 3 aliphatic carbocycles. The third-order valence-corrected chi connectivity index (χ3v) is 7.94. The Balaban J connectivity index is 1.67. The molecule has 1 N–H and O–H groups in total. The smallest absolute Gasteiger partial charge is 0.216 e. The summed E-state index contributed by atoms with van der Waals surface area (Å²) in [6, 6.07) is 1.30. The van der Waals surface area contributed by atoms with Crippen LogP contribution in [0.15, 0.2) is 12.3 Å². The van der Waals surface area contributed by atoms with Crippen molar-refractivity contribution >= 4 is 10.0 Å². The average Bonchev–Trinajstić information content (AvgIpc) is 2.90.